The summed E-state index contributed by atoms with van der Waals surface area (Å²) in [6.45, 7) is 0.806. The van der Waals surface area contributed by atoms with E-state index in [0.29, 0.717) is 11.5 Å². The quantitative estimate of drug-likeness (QED) is 0.417. The minimum Gasteiger partial charge on any atom is -0.379 e. The van der Waals surface area contributed by atoms with Crippen molar-refractivity contribution in [1.82, 2.24) is 15.6 Å². The van der Waals surface area contributed by atoms with E-state index >= 15 is 0 Å². The van der Waals surface area contributed by atoms with Gasteiger partial charge >= 0.3 is 0 Å². The molecule has 0 radical (unpaired) electrons. The van der Waals surface area contributed by atoms with Crippen molar-refractivity contribution in [2.45, 2.75) is 0 Å². The van der Waals surface area contributed by atoms with Crippen molar-refractivity contribution in [2.24, 2.45) is 4.99 Å². The number of aliphatic imine (C=N–C) groups is 1. The first-order chi connectivity index (χ1) is 6.79. The summed E-state index contributed by atoms with van der Waals surface area (Å²) >= 11 is 1.75. The minimum atomic E-state index is 0.252. The molecule has 0 aromatic carbocycles. The van der Waals surface area contributed by atoms with Crippen LogP contribution < -0.4 is 11.1 Å². The van der Waals surface area contributed by atoms with E-state index in [9.17, 15) is 0 Å². The molecule has 0 fully saturated rings. The average molecular weight is 215 g/mol. The molecular weight excluding hydrogens is 202 g/mol. The molecule has 0 aliphatic heterocycles. The number of rotatable bonds is 4. The van der Waals surface area contributed by atoms with E-state index in [1.165, 1.54) is 0 Å². The predicted molar refractivity (Wildman–Crippen MR) is 57.6 cm³/mol. The highest BCUT2D eigenvalue weighted by Crippen LogP contribution is 2.04. The summed E-state index contributed by atoms with van der Waals surface area (Å²) in [6.07, 6.45) is 2.04. The number of nitrogens with two attached hydrogens (primary N) is 1. The first-order valence-corrected chi connectivity index (χ1v) is 5.47. The zero-order valence-electron chi connectivity index (χ0n) is 8.15. The molecule has 0 spiro atoms. The molecule has 1 aromatic heterocycles. The topological polar surface area (TPSA) is 89.3 Å². The van der Waals surface area contributed by atoms with Gasteiger partial charge in [-0.2, -0.15) is 11.8 Å². The van der Waals surface area contributed by atoms with Crippen molar-refractivity contribution in [3.63, 3.8) is 0 Å². The van der Waals surface area contributed by atoms with Gasteiger partial charge in [0, 0.05) is 19.3 Å². The maximum atomic E-state index is 5.53. The Morgan fingerprint density at radius 2 is 2.43 bits per heavy atom. The van der Waals surface area contributed by atoms with E-state index < -0.39 is 0 Å². The summed E-state index contributed by atoms with van der Waals surface area (Å²) in [7, 11) is 1.66. The van der Waals surface area contributed by atoms with Gasteiger partial charge in [0.2, 0.25) is 0 Å². The van der Waals surface area contributed by atoms with E-state index in [0.717, 1.165) is 12.3 Å². The number of nitrogens with zero attached hydrogens (tertiary/aromatic N) is 3. The lowest BCUT2D eigenvalue weighted by Crippen LogP contribution is -2.27. The van der Waals surface area contributed by atoms with Crippen LogP contribution in [0.2, 0.25) is 0 Å². The van der Waals surface area contributed by atoms with Gasteiger partial charge in [0.25, 0.3) is 0 Å². The summed E-state index contributed by atoms with van der Waals surface area (Å²) < 4.78 is 4.48. The Kier molecular flexibility index (Phi) is 4.24. The molecule has 7 heteroatoms. The Morgan fingerprint density at radius 3 is 2.93 bits per heavy atom. The fraction of sp³-hybridized carbons (Fsp3) is 0.571. The van der Waals surface area contributed by atoms with Crippen LogP contribution in [-0.2, 0) is 0 Å². The fourth-order valence-electron chi connectivity index (χ4n) is 0.900. The summed E-state index contributed by atoms with van der Waals surface area (Å²) in [4.78, 5) is 4.02. The summed E-state index contributed by atoms with van der Waals surface area (Å²) in [5.41, 5.74) is 5.99. The van der Waals surface area contributed by atoms with Crippen molar-refractivity contribution in [3.8, 4) is 0 Å². The smallest absolute Gasteiger partial charge is 0.199 e. The number of nitrogen functional groups attached to an aromatic ring is 1. The molecule has 0 aliphatic carbocycles. The number of anilines is 1. The van der Waals surface area contributed by atoms with Crippen LogP contribution in [0.15, 0.2) is 9.62 Å². The van der Waals surface area contributed by atoms with Gasteiger partial charge in [0.05, 0.1) is 0 Å². The van der Waals surface area contributed by atoms with Crippen LogP contribution in [0.25, 0.3) is 0 Å². The van der Waals surface area contributed by atoms with Gasteiger partial charge in [-0.3, -0.25) is 4.99 Å². The van der Waals surface area contributed by atoms with Crippen molar-refractivity contribution in [1.29, 1.82) is 0 Å². The first-order valence-electron chi connectivity index (χ1n) is 4.07. The number of hydrogen-bond acceptors (Lipinski definition) is 6. The molecule has 78 valence electrons. The van der Waals surface area contributed by atoms with Crippen molar-refractivity contribution in [2.75, 3.05) is 31.3 Å². The molecule has 0 saturated carbocycles. The lowest BCUT2D eigenvalue weighted by Gasteiger charge is -2.04. The number of aromatic nitrogens is 2. The minimum absolute atomic E-state index is 0.252. The highest BCUT2D eigenvalue weighted by Gasteiger charge is 2.12. The molecule has 0 bridgehead atoms. The molecule has 14 heavy (non-hydrogen) atoms. The number of thioether (sulfide) groups is 1. The van der Waals surface area contributed by atoms with Gasteiger partial charge in [-0.25, -0.2) is 4.63 Å². The van der Waals surface area contributed by atoms with Crippen LogP contribution in [0.4, 0.5) is 5.82 Å². The molecule has 1 heterocycles. The van der Waals surface area contributed by atoms with Crippen LogP contribution in [0.3, 0.4) is 0 Å². The Balaban J connectivity index is 2.60. The number of hydrogen-bond donors (Lipinski definition) is 2. The molecule has 0 amide bonds. The average Bonchev–Trinajstić information content (AvgIpc) is 2.60. The maximum Gasteiger partial charge on any atom is 0.199 e. The third-order valence-electron chi connectivity index (χ3n) is 1.56. The molecule has 0 unspecified atom stereocenters. The molecule has 1 aromatic rings. The summed E-state index contributed by atoms with van der Waals surface area (Å²) in [6, 6.07) is 0. The van der Waals surface area contributed by atoms with Crippen molar-refractivity contribution < 1.29 is 4.63 Å². The lowest BCUT2D eigenvalue weighted by atomic mass is 10.4. The molecule has 0 aliphatic rings. The van der Waals surface area contributed by atoms with E-state index in [2.05, 4.69) is 25.3 Å². The van der Waals surface area contributed by atoms with Gasteiger partial charge in [-0.1, -0.05) is 0 Å². The van der Waals surface area contributed by atoms with E-state index in [1.807, 2.05) is 6.26 Å². The van der Waals surface area contributed by atoms with Crippen LogP contribution in [0.5, 0.6) is 0 Å². The number of nitrogens with one attached hydrogen (secondary N) is 1. The second-order valence-corrected chi connectivity index (χ2v) is 3.48. The van der Waals surface area contributed by atoms with Crippen molar-refractivity contribution in [3.05, 3.63) is 5.69 Å². The zero-order valence-corrected chi connectivity index (χ0v) is 8.97. The highest BCUT2D eigenvalue weighted by molar-refractivity contribution is 7.98. The summed E-state index contributed by atoms with van der Waals surface area (Å²) in [5, 5.41) is 10.2. The van der Waals surface area contributed by atoms with E-state index in [1.54, 1.807) is 18.8 Å². The molecule has 0 atom stereocenters. The normalized spacial score (nSPS) is 11.7. The Morgan fingerprint density at radius 1 is 1.64 bits per heavy atom. The lowest BCUT2D eigenvalue weighted by molar-refractivity contribution is 0.308. The van der Waals surface area contributed by atoms with E-state index in [-0.39, 0.29) is 5.82 Å². The molecule has 0 saturated heterocycles. The first kappa shape index (κ1) is 10.8. The second-order valence-electron chi connectivity index (χ2n) is 2.49. The second kappa shape index (κ2) is 5.48. The largest absolute Gasteiger partial charge is 0.379 e. The number of amidine groups is 1. The zero-order chi connectivity index (χ0) is 10.4. The van der Waals surface area contributed by atoms with Crippen molar-refractivity contribution >= 4 is 23.4 Å². The maximum absolute atomic E-state index is 5.53. The Bertz CT molecular complexity index is 311. The summed E-state index contributed by atoms with van der Waals surface area (Å²) in [5.74, 6) is 1.85. The predicted octanol–water partition coefficient (Wildman–Crippen LogP) is -0.0192. The van der Waals surface area contributed by atoms with E-state index in [4.69, 9.17) is 5.73 Å². The Hall–Kier alpha value is -1.24. The molecule has 3 N–H and O–H groups in total. The fourth-order valence-corrected chi connectivity index (χ4v) is 1.21. The van der Waals surface area contributed by atoms with Gasteiger partial charge in [0.15, 0.2) is 17.3 Å². The van der Waals surface area contributed by atoms with Gasteiger partial charge < -0.3 is 11.1 Å². The van der Waals surface area contributed by atoms with Crippen LogP contribution in [0.1, 0.15) is 5.69 Å². The van der Waals surface area contributed by atoms with Gasteiger partial charge in [-0.05, 0) is 16.6 Å². The standard InChI is InChI=1S/C7H13N5OS/c1-9-7(10-3-4-14-2)5-6(8)12-13-11-5/h3-4H2,1-2H3,(H2,8,12)(H,9,10). The van der Waals surface area contributed by atoms with Gasteiger partial charge in [0.1, 0.15) is 0 Å². The molecule has 6 nitrogen and oxygen atoms in total. The highest BCUT2D eigenvalue weighted by atomic mass is 32.2. The van der Waals surface area contributed by atoms with Crippen LogP contribution >= 0.6 is 11.8 Å². The van der Waals surface area contributed by atoms with Crippen LogP contribution in [-0.4, -0.2) is 41.7 Å². The third kappa shape index (κ3) is 2.63. The SMILES string of the molecule is CN=C(NCCSC)c1nonc1N. The monoisotopic (exact) mass is 215 g/mol. The Labute approximate surface area is 86.3 Å². The van der Waals surface area contributed by atoms with Gasteiger partial charge in [-0.15, -0.1) is 0 Å². The molecular formula is C7H13N5OS. The van der Waals surface area contributed by atoms with Crippen LogP contribution in [0, 0.1) is 0 Å². The third-order valence-corrected chi connectivity index (χ3v) is 2.17. The molecule has 1 rings (SSSR count).